The summed E-state index contributed by atoms with van der Waals surface area (Å²) >= 11 is 0. The molecule has 2 heterocycles. The number of imidazole rings is 1. The normalized spacial score (nSPS) is 12.7. The molecular weight excluding hydrogens is 312 g/mol. The van der Waals surface area contributed by atoms with E-state index in [9.17, 15) is 4.79 Å². The molecule has 0 radical (unpaired) electrons. The average Bonchev–Trinajstić information content (AvgIpc) is 2.99. The van der Waals surface area contributed by atoms with Crippen LogP contribution in [0.15, 0.2) is 48.8 Å². The minimum Gasteiger partial charge on any atom is -0.342 e. The van der Waals surface area contributed by atoms with Crippen molar-refractivity contribution in [2.75, 3.05) is 0 Å². The predicted molar refractivity (Wildman–Crippen MR) is 99.4 cm³/mol. The number of nitrogens with zero attached hydrogens (tertiary/aromatic N) is 3. The lowest BCUT2D eigenvalue weighted by molar-refractivity contribution is 0.0921. The number of para-hydroxylation sites is 2. The van der Waals surface area contributed by atoms with Crippen LogP contribution >= 0.6 is 0 Å². The van der Waals surface area contributed by atoms with E-state index in [1.165, 1.54) is 0 Å². The minimum atomic E-state index is -0.178. The molecular formula is C20H24N4O. The Morgan fingerprint density at radius 3 is 2.48 bits per heavy atom. The molecule has 0 aliphatic heterocycles. The second-order valence-corrected chi connectivity index (χ2v) is 6.86. The van der Waals surface area contributed by atoms with E-state index in [1.807, 2.05) is 18.2 Å². The molecule has 0 aliphatic rings. The summed E-state index contributed by atoms with van der Waals surface area (Å²) in [7, 11) is 0. The number of benzene rings is 1. The van der Waals surface area contributed by atoms with Gasteiger partial charge >= 0.3 is 0 Å². The van der Waals surface area contributed by atoms with Gasteiger partial charge in [-0.15, -0.1) is 0 Å². The highest BCUT2D eigenvalue weighted by Gasteiger charge is 2.26. The van der Waals surface area contributed by atoms with Gasteiger partial charge < -0.3 is 9.88 Å². The Morgan fingerprint density at radius 1 is 1.08 bits per heavy atom. The van der Waals surface area contributed by atoms with Crippen molar-refractivity contribution in [1.82, 2.24) is 19.9 Å². The van der Waals surface area contributed by atoms with Gasteiger partial charge in [0, 0.05) is 18.4 Å². The van der Waals surface area contributed by atoms with Gasteiger partial charge in [0.2, 0.25) is 0 Å². The third-order valence-corrected chi connectivity index (χ3v) is 4.29. The third kappa shape index (κ3) is 3.40. The van der Waals surface area contributed by atoms with Gasteiger partial charge in [-0.2, -0.15) is 0 Å². The molecule has 5 nitrogen and oxygen atoms in total. The molecule has 0 bridgehead atoms. The maximum Gasteiger partial charge on any atom is 0.253 e. The quantitative estimate of drug-likeness (QED) is 0.762. The van der Waals surface area contributed by atoms with Gasteiger partial charge in [-0.25, -0.2) is 4.98 Å². The molecule has 1 aromatic carbocycles. The molecule has 25 heavy (non-hydrogen) atoms. The van der Waals surface area contributed by atoms with E-state index in [0.29, 0.717) is 5.56 Å². The zero-order valence-corrected chi connectivity index (χ0v) is 15.1. The summed E-state index contributed by atoms with van der Waals surface area (Å²) in [6.07, 6.45) is 3.24. The molecule has 3 rings (SSSR count). The van der Waals surface area contributed by atoms with Crippen molar-refractivity contribution in [3.8, 4) is 0 Å². The summed E-state index contributed by atoms with van der Waals surface area (Å²) in [4.78, 5) is 21.5. The van der Waals surface area contributed by atoms with Gasteiger partial charge in [-0.05, 0) is 44.0 Å². The Morgan fingerprint density at radius 2 is 1.84 bits per heavy atom. The number of rotatable bonds is 5. The molecule has 0 fully saturated rings. The number of aromatic nitrogens is 3. The van der Waals surface area contributed by atoms with Crippen LogP contribution in [0.25, 0.3) is 11.0 Å². The van der Waals surface area contributed by atoms with Crippen LogP contribution in [0.3, 0.4) is 0 Å². The Labute approximate surface area is 148 Å². The third-order valence-electron chi connectivity index (χ3n) is 4.29. The van der Waals surface area contributed by atoms with Gasteiger partial charge in [-0.3, -0.25) is 9.78 Å². The van der Waals surface area contributed by atoms with E-state index in [1.54, 1.807) is 24.5 Å². The summed E-state index contributed by atoms with van der Waals surface area (Å²) in [5.41, 5.74) is 2.60. The lowest BCUT2D eigenvalue weighted by atomic mass is 10.0. The van der Waals surface area contributed by atoms with Crippen molar-refractivity contribution in [1.29, 1.82) is 0 Å². The SMILES string of the molecule is CC(C)[C@H](NC(=O)c1cccnc1)c1nc2ccccc2n1C(C)C. The first kappa shape index (κ1) is 17.1. The molecule has 0 saturated heterocycles. The van der Waals surface area contributed by atoms with Crippen LogP contribution in [-0.2, 0) is 0 Å². The first-order valence-electron chi connectivity index (χ1n) is 8.66. The van der Waals surface area contributed by atoms with Crippen LogP contribution in [0.4, 0.5) is 0 Å². The molecule has 1 N–H and O–H groups in total. The molecule has 0 unspecified atom stereocenters. The fourth-order valence-corrected chi connectivity index (χ4v) is 3.08. The second-order valence-electron chi connectivity index (χ2n) is 6.86. The molecule has 1 amide bonds. The highest BCUT2D eigenvalue weighted by molar-refractivity contribution is 5.94. The number of fused-ring (bicyclic) bond motifs is 1. The van der Waals surface area contributed by atoms with E-state index in [-0.39, 0.29) is 23.9 Å². The summed E-state index contributed by atoms with van der Waals surface area (Å²) in [5, 5.41) is 3.14. The zero-order chi connectivity index (χ0) is 18.0. The highest BCUT2D eigenvalue weighted by Crippen LogP contribution is 2.29. The number of hydrogen-bond donors (Lipinski definition) is 1. The molecule has 0 saturated carbocycles. The smallest absolute Gasteiger partial charge is 0.253 e. The number of amides is 1. The van der Waals surface area contributed by atoms with Gasteiger partial charge in [-0.1, -0.05) is 26.0 Å². The summed E-state index contributed by atoms with van der Waals surface area (Å²) in [6.45, 7) is 8.46. The maximum absolute atomic E-state index is 12.6. The zero-order valence-electron chi connectivity index (χ0n) is 15.1. The van der Waals surface area contributed by atoms with Gasteiger partial charge in [0.15, 0.2) is 0 Å². The molecule has 1 atom stereocenters. The number of nitrogens with one attached hydrogen (secondary N) is 1. The lowest BCUT2D eigenvalue weighted by Crippen LogP contribution is -2.34. The van der Waals surface area contributed by atoms with Gasteiger partial charge in [0.25, 0.3) is 5.91 Å². The van der Waals surface area contributed by atoms with Crippen LogP contribution in [0.2, 0.25) is 0 Å². The highest BCUT2D eigenvalue weighted by atomic mass is 16.1. The second kappa shape index (κ2) is 7.05. The van der Waals surface area contributed by atoms with Crippen molar-refractivity contribution in [2.45, 2.75) is 39.8 Å². The fraction of sp³-hybridized carbons (Fsp3) is 0.350. The topological polar surface area (TPSA) is 59.8 Å². The molecule has 130 valence electrons. The van der Waals surface area contributed by atoms with Gasteiger partial charge in [0.1, 0.15) is 5.82 Å². The van der Waals surface area contributed by atoms with E-state index < -0.39 is 0 Å². The molecule has 0 spiro atoms. The number of carbonyl (C=O) groups excluding carboxylic acids is 1. The number of pyridine rings is 1. The van der Waals surface area contributed by atoms with E-state index in [4.69, 9.17) is 4.98 Å². The Kier molecular flexibility index (Phi) is 4.83. The van der Waals surface area contributed by atoms with Crippen molar-refractivity contribution in [3.63, 3.8) is 0 Å². The Bertz CT molecular complexity index is 868. The van der Waals surface area contributed by atoms with Crippen LogP contribution < -0.4 is 5.32 Å². The molecule has 5 heteroatoms. The average molecular weight is 336 g/mol. The van der Waals surface area contributed by atoms with Crippen molar-refractivity contribution >= 4 is 16.9 Å². The fourth-order valence-electron chi connectivity index (χ4n) is 3.08. The number of hydrogen-bond acceptors (Lipinski definition) is 3. The molecule has 3 aromatic rings. The lowest BCUT2D eigenvalue weighted by Gasteiger charge is -2.24. The standard InChI is InChI=1S/C20H24N4O/c1-13(2)18(23-20(25)15-8-7-11-21-12-15)19-22-16-9-5-6-10-17(16)24(19)14(3)4/h5-14,18H,1-4H3,(H,23,25)/t18-/m0/s1. The van der Waals surface area contributed by atoms with E-state index in [2.05, 4.69) is 48.6 Å². The molecule has 2 aromatic heterocycles. The molecule has 0 aliphatic carbocycles. The van der Waals surface area contributed by atoms with E-state index >= 15 is 0 Å². The Balaban J connectivity index is 2.03. The summed E-state index contributed by atoms with van der Waals surface area (Å²) < 4.78 is 2.21. The van der Waals surface area contributed by atoms with Crippen molar-refractivity contribution < 1.29 is 4.79 Å². The van der Waals surface area contributed by atoms with Crippen molar-refractivity contribution in [2.24, 2.45) is 5.92 Å². The van der Waals surface area contributed by atoms with Crippen LogP contribution in [0.1, 0.15) is 56.0 Å². The number of carbonyl (C=O) groups is 1. The van der Waals surface area contributed by atoms with Crippen LogP contribution in [0, 0.1) is 5.92 Å². The first-order valence-corrected chi connectivity index (χ1v) is 8.66. The van der Waals surface area contributed by atoms with Crippen molar-refractivity contribution in [3.05, 3.63) is 60.2 Å². The predicted octanol–water partition coefficient (Wildman–Crippen LogP) is 4.14. The summed E-state index contributed by atoms with van der Waals surface area (Å²) in [5.74, 6) is 0.965. The van der Waals surface area contributed by atoms with Crippen LogP contribution in [-0.4, -0.2) is 20.4 Å². The largest absolute Gasteiger partial charge is 0.342 e. The van der Waals surface area contributed by atoms with Crippen LogP contribution in [0.5, 0.6) is 0 Å². The summed E-state index contributed by atoms with van der Waals surface area (Å²) in [6, 6.07) is 11.7. The maximum atomic E-state index is 12.6. The van der Waals surface area contributed by atoms with Gasteiger partial charge in [0.05, 0.1) is 22.6 Å². The minimum absolute atomic E-state index is 0.130. The van der Waals surface area contributed by atoms with E-state index in [0.717, 1.165) is 16.9 Å². The monoisotopic (exact) mass is 336 g/mol. The Hall–Kier alpha value is -2.69. The first-order chi connectivity index (χ1) is 12.0.